The van der Waals surface area contributed by atoms with Crippen molar-refractivity contribution in [1.82, 2.24) is 35.2 Å². The lowest BCUT2D eigenvalue weighted by Gasteiger charge is -2.46. The number of likely N-dealkylation sites (tertiary alicyclic amines) is 1. The average molecular weight is 772 g/mol. The van der Waals surface area contributed by atoms with Crippen LogP contribution in [0.1, 0.15) is 69.8 Å². The van der Waals surface area contributed by atoms with Gasteiger partial charge < -0.3 is 29.0 Å². The first-order chi connectivity index (χ1) is 26.4. The molecule has 55 heavy (non-hydrogen) atoms. The van der Waals surface area contributed by atoms with E-state index in [0.717, 1.165) is 56.2 Å². The molecule has 3 aromatic heterocycles. The monoisotopic (exact) mass is 771 g/mol. The number of esters is 1. The fourth-order valence-corrected chi connectivity index (χ4v) is 9.04. The van der Waals surface area contributed by atoms with Crippen LogP contribution in [-0.4, -0.2) is 101 Å². The molecule has 1 aromatic carbocycles. The molecule has 13 nitrogen and oxygen atoms in total. The molecule has 7 rings (SSSR count). The lowest BCUT2D eigenvalue weighted by molar-refractivity contribution is -0.155. The van der Waals surface area contributed by atoms with Crippen molar-refractivity contribution < 1.29 is 28.6 Å². The lowest BCUT2D eigenvalue weighted by atomic mass is 9.84. The van der Waals surface area contributed by atoms with E-state index in [0.29, 0.717) is 39.0 Å². The van der Waals surface area contributed by atoms with Gasteiger partial charge in [-0.25, -0.2) is 15.2 Å². The maximum absolute atomic E-state index is 14.2. The molecule has 3 amide bonds. The zero-order chi connectivity index (χ0) is 39.0. The van der Waals surface area contributed by atoms with E-state index in [2.05, 4.69) is 67.3 Å². The molecule has 0 radical (unpaired) electrons. The van der Waals surface area contributed by atoms with Gasteiger partial charge in [0, 0.05) is 79.3 Å². The number of carbonyl (C=O) groups excluding carboxylic acids is 3. The fourth-order valence-electron chi connectivity index (χ4n) is 8.19. The minimum Gasteiger partial charge on any atom is -0.464 e. The van der Waals surface area contributed by atoms with Crippen molar-refractivity contribution >= 4 is 40.1 Å². The highest BCUT2D eigenvalue weighted by molar-refractivity contribution is 7.10. The Morgan fingerprint density at radius 2 is 2.04 bits per heavy atom. The van der Waals surface area contributed by atoms with Gasteiger partial charge in [-0.2, -0.15) is 0 Å². The molecule has 294 valence electrons. The second-order valence-electron chi connectivity index (χ2n) is 15.9. The van der Waals surface area contributed by atoms with Crippen LogP contribution < -0.4 is 10.7 Å². The maximum atomic E-state index is 14.2. The van der Waals surface area contributed by atoms with Crippen molar-refractivity contribution in [2.24, 2.45) is 11.3 Å². The van der Waals surface area contributed by atoms with Gasteiger partial charge in [-0.3, -0.25) is 19.6 Å². The first-order valence-electron chi connectivity index (χ1n) is 19.3. The average Bonchev–Trinajstić information content (AvgIpc) is 3.78. The summed E-state index contributed by atoms with van der Waals surface area (Å²) in [5.41, 5.74) is 9.58. The van der Waals surface area contributed by atoms with Gasteiger partial charge in [0.25, 0.3) is 5.91 Å². The summed E-state index contributed by atoms with van der Waals surface area (Å²) >= 11 is 1.46. The summed E-state index contributed by atoms with van der Waals surface area (Å²) in [5.74, 6) is -0.439. The van der Waals surface area contributed by atoms with Crippen molar-refractivity contribution in [3.8, 4) is 22.5 Å². The zero-order valence-corrected chi connectivity index (χ0v) is 33.7. The van der Waals surface area contributed by atoms with E-state index < -0.39 is 23.5 Å². The van der Waals surface area contributed by atoms with E-state index in [9.17, 15) is 14.4 Å². The number of ether oxygens (including phenoxy) is 3. The number of rotatable bonds is 7. The van der Waals surface area contributed by atoms with Gasteiger partial charge in [0.1, 0.15) is 12.1 Å². The summed E-state index contributed by atoms with van der Waals surface area (Å²) < 4.78 is 19.6. The standard InChI is InChI=1S/C41H53N7O6S/c1-8-46-33-14-13-26-17-28(33)29(37(46)27-11-9-15-42-36(27)25(3)53-7)19-41(4,5)23-54-39(50)30-12-10-16-48(45-30)38(49)31(18-35-43-32(26)22-55-35)44-40(51)47-20-24(2)34(47)21-52-6/h9,11,13-15,17,22,24-25,30-31,34,45H,8,10,12,16,18-21,23H2,1-7H3,(H,44,51)/t24-,25+,30+,31+,34-/m1/s1. The summed E-state index contributed by atoms with van der Waals surface area (Å²) in [6.45, 7) is 12.8. The highest BCUT2D eigenvalue weighted by Crippen LogP contribution is 2.42. The molecule has 0 saturated carbocycles. The topological polar surface area (TPSA) is 140 Å². The normalized spacial score (nSPS) is 23.5. The summed E-state index contributed by atoms with van der Waals surface area (Å²) in [7, 11) is 3.32. The largest absolute Gasteiger partial charge is 0.464 e. The van der Waals surface area contributed by atoms with Gasteiger partial charge in [0.15, 0.2) is 0 Å². The summed E-state index contributed by atoms with van der Waals surface area (Å²) in [5, 5.41) is 8.32. The molecule has 0 unspecified atom stereocenters. The van der Waals surface area contributed by atoms with Gasteiger partial charge >= 0.3 is 12.0 Å². The van der Waals surface area contributed by atoms with Crippen molar-refractivity contribution in [2.75, 3.05) is 40.5 Å². The van der Waals surface area contributed by atoms with Crippen molar-refractivity contribution in [1.29, 1.82) is 0 Å². The Hall–Kier alpha value is -4.37. The molecule has 5 atom stereocenters. The number of hydrogen-bond donors (Lipinski definition) is 2. The minimum atomic E-state index is -0.913. The minimum absolute atomic E-state index is 0.0710. The highest BCUT2D eigenvalue weighted by Gasteiger charge is 2.41. The van der Waals surface area contributed by atoms with E-state index in [-0.39, 0.29) is 43.0 Å². The number of hydrogen-bond acceptors (Lipinski definition) is 10. The molecule has 3 aliphatic heterocycles. The third kappa shape index (κ3) is 7.74. The Labute approximate surface area is 326 Å². The molecule has 6 heterocycles. The molecule has 0 aliphatic carbocycles. The molecular weight excluding hydrogens is 719 g/mol. The summed E-state index contributed by atoms with van der Waals surface area (Å²) in [6.07, 6.45) is 3.52. The van der Waals surface area contributed by atoms with Gasteiger partial charge in [-0.05, 0) is 68.9 Å². The number of fused-ring (bicyclic) bond motifs is 6. The molecule has 6 bridgehead atoms. The summed E-state index contributed by atoms with van der Waals surface area (Å²) in [6, 6.07) is 8.51. The Bertz CT molecular complexity index is 2060. The highest BCUT2D eigenvalue weighted by atomic mass is 32.1. The first kappa shape index (κ1) is 38.9. The van der Waals surface area contributed by atoms with E-state index in [4.69, 9.17) is 24.2 Å². The smallest absolute Gasteiger partial charge is 0.324 e. The Morgan fingerprint density at radius 1 is 1.22 bits per heavy atom. The Kier molecular flexibility index (Phi) is 11.3. The van der Waals surface area contributed by atoms with Crippen LogP contribution in [-0.2, 0) is 43.2 Å². The van der Waals surface area contributed by atoms with Crippen LogP contribution >= 0.6 is 11.3 Å². The molecule has 14 heteroatoms. The molecule has 3 aliphatic rings. The van der Waals surface area contributed by atoms with Gasteiger partial charge in [-0.1, -0.05) is 26.8 Å². The molecule has 0 spiro atoms. The van der Waals surface area contributed by atoms with E-state index >= 15 is 0 Å². The number of methoxy groups -OCH3 is 2. The van der Waals surface area contributed by atoms with E-state index in [1.54, 1.807) is 25.3 Å². The second kappa shape index (κ2) is 16.0. The molecule has 2 fully saturated rings. The number of carbonyl (C=O) groups is 3. The van der Waals surface area contributed by atoms with Crippen molar-refractivity contribution in [3.63, 3.8) is 0 Å². The third-order valence-electron chi connectivity index (χ3n) is 11.3. The predicted molar refractivity (Wildman–Crippen MR) is 211 cm³/mol. The third-order valence-corrected chi connectivity index (χ3v) is 12.1. The quantitative estimate of drug-likeness (QED) is 0.225. The number of nitrogens with one attached hydrogen (secondary N) is 2. The lowest BCUT2D eigenvalue weighted by Crippen LogP contribution is -2.65. The van der Waals surface area contributed by atoms with Crippen LogP contribution in [0.4, 0.5) is 4.79 Å². The maximum Gasteiger partial charge on any atom is 0.324 e. The van der Waals surface area contributed by atoms with Crippen molar-refractivity contribution in [2.45, 2.75) is 91.1 Å². The molecule has 2 saturated heterocycles. The van der Waals surface area contributed by atoms with Crippen LogP contribution in [0, 0.1) is 11.3 Å². The Morgan fingerprint density at radius 3 is 2.78 bits per heavy atom. The van der Waals surface area contributed by atoms with Crippen LogP contribution in [0.3, 0.4) is 0 Å². The Balaban J connectivity index is 1.32. The summed E-state index contributed by atoms with van der Waals surface area (Å²) in [4.78, 5) is 53.1. The SMILES string of the molecule is CCn1c(-c2cccnc2[C@H](C)OC)c2c3cc(ccc31)-c1csc(n1)C[C@H](NC(=O)N1C[C@@H](C)[C@H]1COC)C(=O)N1CCC[C@H](N1)C(=O)OCC(C)(C)C2. The molecular formula is C41H53N7O6S. The van der Waals surface area contributed by atoms with Crippen LogP contribution in [0.5, 0.6) is 0 Å². The van der Waals surface area contributed by atoms with E-state index in [1.165, 1.54) is 16.3 Å². The fraction of sp³-hybridized carbons (Fsp3) is 0.537. The van der Waals surface area contributed by atoms with Gasteiger partial charge in [-0.15, -0.1) is 11.3 Å². The number of thiazole rings is 1. The van der Waals surface area contributed by atoms with Crippen LogP contribution in [0.2, 0.25) is 0 Å². The number of nitrogens with zero attached hydrogens (tertiary/aromatic N) is 5. The number of pyridine rings is 1. The number of hydrazine groups is 1. The first-order valence-corrected chi connectivity index (χ1v) is 20.2. The number of amides is 3. The second-order valence-corrected chi connectivity index (χ2v) is 16.8. The zero-order valence-electron chi connectivity index (χ0n) is 32.9. The van der Waals surface area contributed by atoms with Gasteiger partial charge in [0.05, 0.1) is 47.4 Å². The number of cyclic esters (lactones) is 1. The number of aromatic nitrogens is 3. The number of benzene rings is 1. The predicted octanol–water partition coefficient (Wildman–Crippen LogP) is 5.76. The van der Waals surface area contributed by atoms with Crippen LogP contribution in [0.15, 0.2) is 41.9 Å². The number of aryl methyl sites for hydroxylation is 1. The van der Waals surface area contributed by atoms with Crippen LogP contribution in [0.25, 0.3) is 33.4 Å². The van der Waals surface area contributed by atoms with Gasteiger partial charge in [0.2, 0.25) is 0 Å². The van der Waals surface area contributed by atoms with Crippen molar-refractivity contribution in [3.05, 3.63) is 58.2 Å². The molecule has 2 N–H and O–H groups in total. The van der Waals surface area contributed by atoms with E-state index in [1.807, 2.05) is 18.4 Å². The molecule has 4 aromatic rings. The number of urea groups is 1.